The van der Waals surface area contributed by atoms with E-state index in [0.29, 0.717) is 23.2 Å². The van der Waals surface area contributed by atoms with Crippen LogP contribution in [0.2, 0.25) is 0 Å². The van der Waals surface area contributed by atoms with E-state index in [-0.39, 0.29) is 17.5 Å². The molecule has 3 fully saturated rings. The third-order valence-electron chi connectivity index (χ3n) is 7.47. The van der Waals surface area contributed by atoms with Crippen LogP contribution in [0.25, 0.3) is 0 Å². The summed E-state index contributed by atoms with van der Waals surface area (Å²) in [4.78, 5) is 17.2. The number of nitrogens with zero attached hydrogens (tertiary/aromatic N) is 2. The van der Waals surface area contributed by atoms with E-state index in [2.05, 4.69) is 44.4 Å². The molecule has 2 unspecified atom stereocenters. The number of fused-ring (bicyclic) bond motifs is 2. The lowest BCUT2D eigenvalue weighted by Gasteiger charge is -2.52. The molecule has 2 N–H and O–H groups in total. The standard InChI is InChI=1S/C18H33N3O/c1-12-8-20(9-13(2)15(12)19)16(22)21-10-14-6-7-18(5,11-21)17(14,3)4/h12-15H,6-11,19H2,1-5H3/t12?,13?,14-,15?,18+/m1/s1. The molecule has 0 radical (unpaired) electrons. The van der Waals surface area contributed by atoms with Gasteiger partial charge in [0.05, 0.1) is 0 Å². The first-order valence-corrected chi connectivity index (χ1v) is 8.95. The SMILES string of the molecule is CC1CN(C(=O)N2C[C@H]3CC[C@@](C)(C2)C3(C)C)CC(C)C1N. The van der Waals surface area contributed by atoms with Crippen LogP contribution in [0.5, 0.6) is 0 Å². The zero-order valence-electron chi connectivity index (χ0n) is 14.9. The third kappa shape index (κ3) is 2.26. The van der Waals surface area contributed by atoms with Gasteiger partial charge in [0.2, 0.25) is 0 Å². The summed E-state index contributed by atoms with van der Waals surface area (Å²) < 4.78 is 0. The number of piperidine rings is 2. The van der Waals surface area contributed by atoms with Gasteiger partial charge in [-0.25, -0.2) is 4.79 Å². The maximum absolute atomic E-state index is 13.0. The first kappa shape index (κ1) is 16.1. The summed E-state index contributed by atoms with van der Waals surface area (Å²) in [7, 11) is 0. The van der Waals surface area contributed by atoms with E-state index in [1.165, 1.54) is 12.8 Å². The van der Waals surface area contributed by atoms with Crippen LogP contribution in [-0.4, -0.2) is 48.1 Å². The summed E-state index contributed by atoms with van der Waals surface area (Å²) in [5.41, 5.74) is 6.85. The maximum Gasteiger partial charge on any atom is 0.320 e. The number of hydrogen-bond acceptors (Lipinski definition) is 2. The number of amides is 2. The van der Waals surface area contributed by atoms with Gasteiger partial charge in [-0.1, -0.05) is 34.6 Å². The van der Waals surface area contributed by atoms with Gasteiger partial charge >= 0.3 is 6.03 Å². The highest BCUT2D eigenvalue weighted by Crippen LogP contribution is 2.59. The number of carbonyl (C=O) groups is 1. The van der Waals surface area contributed by atoms with Crippen molar-refractivity contribution in [3.8, 4) is 0 Å². The molecular weight excluding hydrogens is 274 g/mol. The summed E-state index contributed by atoms with van der Waals surface area (Å²) in [5, 5.41) is 0. The van der Waals surface area contributed by atoms with Crippen molar-refractivity contribution in [2.24, 2.45) is 34.3 Å². The highest BCUT2D eigenvalue weighted by Gasteiger charge is 2.56. The van der Waals surface area contributed by atoms with Crippen molar-refractivity contribution in [3.63, 3.8) is 0 Å². The number of hydrogen-bond donors (Lipinski definition) is 1. The maximum atomic E-state index is 13.0. The second-order valence-corrected chi connectivity index (χ2v) is 9.12. The van der Waals surface area contributed by atoms with Crippen LogP contribution in [0.4, 0.5) is 4.79 Å². The fourth-order valence-electron chi connectivity index (χ4n) is 5.10. The van der Waals surface area contributed by atoms with Crippen LogP contribution in [0, 0.1) is 28.6 Å². The first-order chi connectivity index (χ1) is 10.2. The number of rotatable bonds is 0. The van der Waals surface area contributed by atoms with Crippen LogP contribution in [0.15, 0.2) is 0 Å². The molecule has 4 heteroatoms. The van der Waals surface area contributed by atoms with Gasteiger partial charge in [0, 0.05) is 32.2 Å². The predicted octanol–water partition coefficient (Wildman–Crippen LogP) is 2.78. The van der Waals surface area contributed by atoms with E-state index in [4.69, 9.17) is 5.73 Å². The Morgan fingerprint density at radius 3 is 2.18 bits per heavy atom. The van der Waals surface area contributed by atoms with Crippen LogP contribution < -0.4 is 5.73 Å². The van der Waals surface area contributed by atoms with Gasteiger partial charge in [0.25, 0.3) is 0 Å². The smallest absolute Gasteiger partial charge is 0.320 e. The second kappa shape index (κ2) is 5.12. The normalized spacial score (nSPS) is 44.3. The Labute approximate surface area is 135 Å². The van der Waals surface area contributed by atoms with E-state index in [1.54, 1.807) is 0 Å². The van der Waals surface area contributed by atoms with Gasteiger partial charge in [0.15, 0.2) is 0 Å². The minimum absolute atomic E-state index is 0.220. The summed E-state index contributed by atoms with van der Waals surface area (Å²) in [6.07, 6.45) is 2.52. The molecule has 3 rings (SSSR count). The molecule has 4 nitrogen and oxygen atoms in total. The molecule has 0 aromatic heterocycles. The molecule has 2 saturated heterocycles. The third-order valence-corrected chi connectivity index (χ3v) is 7.47. The summed E-state index contributed by atoms with van der Waals surface area (Å²) >= 11 is 0. The van der Waals surface area contributed by atoms with E-state index in [0.717, 1.165) is 26.2 Å². The monoisotopic (exact) mass is 307 g/mol. The van der Waals surface area contributed by atoms with E-state index in [9.17, 15) is 4.79 Å². The quantitative estimate of drug-likeness (QED) is 0.748. The van der Waals surface area contributed by atoms with E-state index < -0.39 is 0 Å². The Bertz CT molecular complexity index is 451. The van der Waals surface area contributed by atoms with Crippen LogP contribution >= 0.6 is 0 Å². The summed E-state index contributed by atoms with van der Waals surface area (Å²) in [6, 6.07) is 0.470. The average Bonchev–Trinajstić information content (AvgIpc) is 2.61. The Morgan fingerprint density at radius 1 is 1.05 bits per heavy atom. The molecule has 3 aliphatic rings. The van der Waals surface area contributed by atoms with Gasteiger partial charge in [-0.15, -0.1) is 0 Å². The van der Waals surface area contributed by atoms with Crippen molar-refractivity contribution in [1.29, 1.82) is 0 Å². The minimum atomic E-state index is 0.220. The summed E-state index contributed by atoms with van der Waals surface area (Å²) in [6.45, 7) is 15.0. The molecule has 2 aliphatic heterocycles. The molecule has 0 spiro atoms. The highest BCUT2D eigenvalue weighted by atomic mass is 16.2. The van der Waals surface area contributed by atoms with Crippen molar-refractivity contribution in [2.45, 2.75) is 53.5 Å². The van der Waals surface area contributed by atoms with Gasteiger partial charge in [-0.05, 0) is 41.4 Å². The Balaban J connectivity index is 1.72. The number of nitrogens with two attached hydrogens (primary N) is 1. The lowest BCUT2D eigenvalue weighted by molar-refractivity contribution is -0.0110. The second-order valence-electron chi connectivity index (χ2n) is 9.12. The van der Waals surface area contributed by atoms with Gasteiger partial charge in [-0.3, -0.25) is 0 Å². The highest BCUT2D eigenvalue weighted by molar-refractivity contribution is 5.75. The number of urea groups is 1. The van der Waals surface area contributed by atoms with Crippen LogP contribution in [-0.2, 0) is 0 Å². The zero-order valence-corrected chi connectivity index (χ0v) is 14.9. The fourth-order valence-corrected chi connectivity index (χ4v) is 5.10. The van der Waals surface area contributed by atoms with Crippen LogP contribution in [0.1, 0.15) is 47.5 Å². The van der Waals surface area contributed by atoms with Crippen molar-refractivity contribution in [3.05, 3.63) is 0 Å². The lowest BCUT2D eigenvalue weighted by atomic mass is 9.63. The molecule has 0 aromatic rings. The molecule has 2 bridgehead atoms. The molecular formula is C18H33N3O. The molecule has 1 aliphatic carbocycles. The van der Waals surface area contributed by atoms with Gasteiger partial charge in [-0.2, -0.15) is 0 Å². The molecule has 22 heavy (non-hydrogen) atoms. The fraction of sp³-hybridized carbons (Fsp3) is 0.944. The van der Waals surface area contributed by atoms with E-state index in [1.807, 2.05) is 0 Å². The van der Waals surface area contributed by atoms with Gasteiger partial charge in [0.1, 0.15) is 0 Å². The van der Waals surface area contributed by atoms with Crippen molar-refractivity contribution in [2.75, 3.05) is 26.2 Å². The molecule has 126 valence electrons. The van der Waals surface area contributed by atoms with Crippen molar-refractivity contribution in [1.82, 2.24) is 9.80 Å². The Hall–Kier alpha value is -0.770. The molecule has 2 heterocycles. The molecule has 4 atom stereocenters. The van der Waals surface area contributed by atoms with E-state index >= 15 is 0 Å². The number of carbonyl (C=O) groups excluding carboxylic acids is 1. The summed E-state index contributed by atoms with van der Waals surface area (Å²) in [5.74, 6) is 1.43. The number of likely N-dealkylation sites (tertiary alicyclic amines) is 2. The Morgan fingerprint density at radius 2 is 1.64 bits per heavy atom. The molecule has 0 aromatic carbocycles. The minimum Gasteiger partial charge on any atom is -0.327 e. The Kier molecular flexibility index (Phi) is 3.75. The molecule has 2 amide bonds. The average molecular weight is 307 g/mol. The first-order valence-electron chi connectivity index (χ1n) is 8.95. The topological polar surface area (TPSA) is 49.6 Å². The van der Waals surface area contributed by atoms with Crippen molar-refractivity contribution >= 4 is 6.03 Å². The zero-order chi connectivity index (χ0) is 16.3. The van der Waals surface area contributed by atoms with Crippen molar-refractivity contribution < 1.29 is 4.79 Å². The lowest BCUT2D eigenvalue weighted by Crippen LogP contribution is -2.60. The van der Waals surface area contributed by atoms with Crippen LogP contribution in [0.3, 0.4) is 0 Å². The van der Waals surface area contributed by atoms with Gasteiger partial charge < -0.3 is 15.5 Å². The predicted molar refractivity (Wildman–Crippen MR) is 89.5 cm³/mol. The largest absolute Gasteiger partial charge is 0.327 e. The molecule has 1 saturated carbocycles.